The van der Waals surface area contributed by atoms with Crippen LogP contribution in [0.3, 0.4) is 0 Å². The van der Waals surface area contributed by atoms with E-state index in [1.165, 1.54) is 32.9 Å². The first-order valence-corrected chi connectivity index (χ1v) is 14.4. The number of hydrogen-bond acceptors (Lipinski definition) is 13. The Kier molecular flexibility index (Phi) is 18.2. The number of aliphatic hydroxyl groups is 1. The number of hydrogen-bond donors (Lipinski definition) is 3. The van der Waals surface area contributed by atoms with Crippen LogP contribution in [0.1, 0.15) is 69.7 Å². The number of benzene rings is 1. The zero-order chi connectivity index (χ0) is 33.7. The lowest BCUT2D eigenvalue weighted by Crippen LogP contribution is -2.36. The van der Waals surface area contributed by atoms with E-state index in [1.807, 2.05) is 0 Å². The molecular weight excluding hydrogens is 596 g/mol. The monoisotopic (exact) mass is 638 g/mol. The molecule has 0 aromatic heterocycles. The number of amides is 2. The molecular formula is C30H42N2O13. The highest BCUT2D eigenvalue weighted by Gasteiger charge is 2.25. The van der Waals surface area contributed by atoms with Gasteiger partial charge < -0.3 is 39.4 Å². The predicted octanol–water partition coefficient (Wildman–Crippen LogP) is 0.785. The maximum absolute atomic E-state index is 12.0. The largest absolute Gasteiger partial charge is 0.490 e. The van der Waals surface area contributed by atoms with Gasteiger partial charge in [-0.1, -0.05) is 0 Å². The summed E-state index contributed by atoms with van der Waals surface area (Å²) in [5, 5.41) is 14.7. The number of ketones is 1. The van der Waals surface area contributed by atoms with Gasteiger partial charge in [-0.25, -0.2) is 0 Å². The van der Waals surface area contributed by atoms with Crippen LogP contribution < -0.4 is 15.4 Å². The lowest BCUT2D eigenvalue weighted by molar-refractivity contribution is -0.151. The zero-order valence-electron chi connectivity index (χ0n) is 25.8. The first-order valence-electron chi connectivity index (χ1n) is 14.4. The molecule has 0 aliphatic heterocycles. The van der Waals surface area contributed by atoms with Crippen LogP contribution in [0.2, 0.25) is 0 Å². The quantitative estimate of drug-likeness (QED) is 0.0528. The molecule has 1 aromatic carbocycles. The maximum atomic E-state index is 12.0. The molecule has 45 heavy (non-hydrogen) atoms. The number of carbonyl (C=O) groups is 7. The van der Waals surface area contributed by atoms with Gasteiger partial charge in [0.15, 0.2) is 5.78 Å². The first-order chi connectivity index (χ1) is 21.3. The van der Waals surface area contributed by atoms with Gasteiger partial charge in [-0.05, 0) is 57.4 Å². The fourth-order valence-corrected chi connectivity index (χ4v) is 3.41. The van der Waals surface area contributed by atoms with Gasteiger partial charge in [0, 0.05) is 32.0 Å². The SMILES string of the molecule is CC(=O)OCCOC(=O)CCCCCOC(=O)CC(=O)NCCNC(=O)CC(=O)OCCOc1ccc(C(=O)C(C)(C)O)cc1. The van der Waals surface area contributed by atoms with E-state index in [9.17, 15) is 38.7 Å². The summed E-state index contributed by atoms with van der Waals surface area (Å²) in [5.74, 6) is -3.58. The topological polar surface area (TPSA) is 210 Å². The van der Waals surface area contributed by atoms with Crippen molar-refractivity contribution in [3.05, 3.63) is 29.8 Å². The fraction of sp³-hybridized carbons (Fsp3) is 0.567. The van der Waals surface area contributed by atoms with Gasteiger partial charge in [-0.15, -0.1) is 0 Å². The van der Waals surface area contributed by atoms with Gasteiger partial charge in [0.25, 0.3) is 0 Å². The molecule has 0 saturated carbocycles. The van der Waals surface area contributed by atoms with Crippen LogP contribution in [-0.2, 0) is 47.7 Å². The number of carbonyl (C=O) groups excluding carboxylic acids is 7. The summed E-state index contributed by atoms with van der Waals surface area (Å²) in [5.41, 5.74) is -1.17. The molecule has 250 valence electrons. The average Bonchev–Trinajstić information content (AvgIpc) is 2.97. The Bertz CT molecular complexity index is 1140. The van der Waals surface area contributed by atoms with Crippen LogP contribution in [0.4, 0.5) is 0 Å². The van der Waals surface area contributed by atoms with Crippen molar-refractivity contribution in [2.24, 2.45) is 0 Å². The van der Waals surface area contributed by atoms with E-state index in [4.69, 9.17) is 18.9 Å². The molecule has 0 bridgehead atoms. The highest BCUT2D eigenvalue weighted by Crippen LogP contribution is 2.17. The Labute approximate surface area is 261 Å². The van der Waals surface area contributed by atoms with Gasteiger partial charge in [0.2, 0.25) is 11.8 Å². The van der Waals surface area contributed by atoms with Gasteiger partial charge in [0.05, 0.1) is 6.61 Å². The van der Waals surface area contributed by atoms with Crippen molar-refractivity contribution in [2.75, 3.05) is 46.1 Å². The van der Waals surface area contributed by atoms with Crippen LogP contribution >= 0.6 is 0 Å². The number of ether oxygens (including phenoxy) is 5. The second-order valence-electron chi connectivity index (χ2n) is 10.1. The van der Waals surface area contributed by atoms with Gasteiger partial charge in [-0.2, -0.15) is 0 Å². The summed E-state index contributed by atoms with van der Waals surface area (Å²) in [6.45, 7) is 4.08. The summed E-state index contributed by atoms with van der Waals surface area (Å²) in [7, 11) is 0. The second kappa shape index (κ2) is 21.2. The molecule has 2 amide bonds. The molecule has 15 nitrogen and oxygen atoms in total. The van der Waals surface area contributed by atoms with E-state index in [-0.39, 0.29) is 52.5 Å². The number of esters is 4. The van der Waals surface area contributed by atoms with E-state index in [0.29, 0.717) is 30.6 Å². The number of Topliss-reactive ketones (excluding diaryl/α,β-unsaturated/α-hetero) is 1. The van der Waals surface area contributed by atoms with Crippen LogP contribution in [-0.4, -0.2) is 98.3 Å². The van der Waals surface area contributed by atoms with Crippen molar-refractivity contribution in [1.82, 2.24) is 10.6 Å². The number of nitrogens with one attached hydrogen (secondary N) is 2. The van der Waals surface area contributed by atoms with Crippen LogP contribution in [0.15, 0.2) is 24.3 Å². The normalized spacial score (nSPS) is 10.7. The molecule has 0 heterocycles. The van der Waals surface area contributed by atoms with E-state index >= 15 is 0 Å². The lowest BCUT2D eigenvalue weighted by atomic mass is 9.97. The van der Waals surface area contributed by atoms with Crippen LogP contribution in [0, 0.1) is 0 Å². The highest BCUT2D eigenvalue weighted by atomic mass is 16.6. The second-order valence-corrected chi connectivity index (χ2v) is 10.1. The fourth-order valence-electron chi connectivity index (χ4n) is 3.41. The number of unbranched alkanes of at least 4 members (excludes halogenated alkanes) is 2. The smallest absolute Gasteiger partial charge is 0.315 e. The van der Waals surface area contributed by atoms with E-state index in [2.05, 4.69) is 15.4 Å². The van der Waals surface area contributed by atoms with E-state index in [0.717, 1.165) is 0 Å². The molecule has 0 spiro atoms. The molecule has 0 aliphatic carbocycles. The minimum absolute atomic E-state index is 0.00493. The van der Waals surface area contributed by atoms with Gasteiger partial charge in [0.1, 0.15) is 50.6 Å². The van der Waals surface area contributed by atoms with Crippen molar-refractivity contribution >= 4 is 41.5 Å². The van der Waals surface area contributed by atoms with Crippen molar-refractivity contribution in [3.8, 4) is 5.75 Å². The van der Waals surface area contributed by atoms with Crippen molar-refractivity contribution in [2.45, 2.75) is 64.9 Å². The maximum Gasteiger partial charge on any atom is 0.315 e. The summed E-state index contributed by atoms with van der Waals surface area (Å²) in [6, 6.07) is 6.10. The molecule has 1 aromatic rings. The zero-order valence-corrected chi connectivity index (χ0v) is 25.8. The molecule has 1 rings (SSSR count). The highest BCUT2D eigenvalue weighted by molar-refractivity contribution is 6.01. The van der Waals surface area contributed by atoms with Crippen LogP contribution in [0.25, 0.3) is 0 Å². The Morgan fingerprint density at radius 2 is 1.18 bits per heavy atom. The molecule has 0 radical (unpaired) electrons. The van der Waals surface area contributed by atoms with Crippen LogP contribution in [0.5, 0.6) is 5.75 Å². The van der Waals surface area contributed by atoms with Crippen molar-refractivity contribution in [1.29, 1.82) is 0 Å². The molecule has 0 aliphatic rings. The Morgan fingerprint density at radius 1 is 0.667 bits per heavy atom. The summed E-state index contributed by atoms with van der Waals surface area (Å²) >= 11 is 0. The van der Waals surface area contributed by atoms with Gasteiger partial charge in [-0.3, -0.25) is 33.6 Å². The third kappa shape index (κ3) is 19.4. The summed E-state index contributed by atoms with van der Waals surface area (Å²) in [4.78, 5) is 81.5. The first kappa shape index (κ1) is 38.5. The third-order valence-electron chi connectivity index (χ3n) is 5.61. The predicted molar refractivity (Wildman–Crippen MR) is 156 cm³/mol. The average molecular weight is 639 g/mol. The van der Waals surface area contributed by atoms with Crippen molar-refractivity contribution < 1.29 is 62.4 Å². The minimum Gasteiger partial charge on any atom is -0.490 e. The standard InChI is InChI=1S/C30H42N2O13/c1-21(33)41-15-17-44-26(36)7-5-4-6-14-43-27(37)19-24(34)31-12-13-32-25(35)20-28(38)45-18-16-42-23-10-8-22(9-11-23)29(39)30(2,3)40/h8-11,40H,4-7,12-20H2,1-3H3,(H,31,34)(H,32,35). The third-order valence-corrected chi connectivity index (χ3v) is 5.61. The molecule has 3 N–H and O–H groups in total. The lowest BCUT2D eigenvalue weighted by Gasteiger charge is -2.15. The summed E-state index contributed by atoms with van der Waals surface area (Å²) in [6.07, 6.45) is 0.761. The van der Waals surface area contributed by atoms with E-state index in [1.54, 1.807) is 12.1 Å². The molecule has 15 heteroatoms. The molecule has 0 saturated heterocycles. The van der Waals surface area contributed by atoms with Gasteiger partial charge >= 0.3 is 23.9 Å². The minimum atomic E-state index is -1.49. The molecule has 0 fully saturated rings. The van der Waals surface area contributed by atoms with Crippen molar-refractivity contribution in [3.63, 3.8) is 0 Å². The van der Waals surface area contributed by atoms with E-state index < -0.39 is 59.9 Å². The number of rotatable bonds is 22. The Morgan fingerprint density at radius 3 is 1.73 bits per heavy atom. The Hall–Kier alpha value is -4.53. The summed E-state index contributed by atoms with van der Waals surface area (Å²) < 4.78 is 24.9. The molecule has 0 unspecified atom stereocenters. The Balaban J connectivity index is 2.05. The molecule has 0 atom stereocenters.